The van der Waals surface area contributed by atoms with Crippen LogP contribution < -0.4 is 37.5 Å². The second kappa shape index (κ2) is 21.1. The number of pyridine rings is 2. The van der Waals surface area contributed by atoms with Crippen molar-refractivity contribution in [3.8, 4) is 11.4 Å². The van der Waals surface area contributed by atoms with Gasteiger partial charge in [-0.1, -0.05) is 37.3 Å². The number of carboxylic acids is 1. The molecule has 7 rings (SSSR count). The van der Waals surface area contributed by atoms with Gasteiger partial charge in [-0.2, -0.15) is 0 Å². The first-order chi connectivity index (χ1) is 33.0. The highest BCUT2D eigenvalue weighted by molar-refractivity contribution is 5.95. The maximum Gasteiger partial charge on any atom is 0.343 e. The van der Waals surface area contributed by atoms with Gasteiger partial charge in [-0.15, -0.1) is 0 Å². The number of ether oxygens (including phenoxy) is 2. The van der Waals surface area contributed by atoms with Crippen LogP contribution in [0.1, 0.15) is 84.0 Å². The van der Waals surface area contributed by atoms with Gasteiger partial charge in [-0.3, -0.25) is 38.4 Å². The third-order valence-electron chi connectivity index (χ3n) is 12.4. The number of hydrogen-bond acceptors (Lipinski definition) is 13. The molecule has 1 aliphatic carbocycles. The molecule has 0 unspecified atom stereocenters. The number of aliphatic carboxylic acids is 1. The van der Waals surface area contributed by atoms with Crippen LogP contribution in [0.3, 0.4) is 0 Å². The third-order valence-corrected chi connectivity index (χ3v) is 12.4. The summed E-state index contributed by atoms with van der Waals surface area (Å²) < 4.78 is 27.5. The lowest BCUT2D eigenvalue weighted by atomic mass is 9.81. The van der Waals surface area contributed by atoms with E-state index in [0.717, 1.165) is 5.56 Å². The standard InChI is InChI=1S/C47H51FN8O13/c1-3-47(67)29-15-34-43-27(20-56(34)45(65)28(29)21-69-46(47)66)42-31(13-12-26-24(2)30(48)16-32(55-43)41(26)42)53-39(61)22-68-23-52-37(59)18-51-44(64)33(14-25-8-5-4-6-9-25)54-38(60)19-50-36(58)17-49-35(57)10-7-11-40(62)63/h4-6,8-9,15-16,31,33,67H,3,7,10-14,17-23H2,1-2H3,(H,49,57)(H,50,58)(H,51,64)(H,52,59)(H,53,61)(H,54,60)(H,62,63)/t31-,33-,47-/m0/s1. The van der Waals surface area contributed by atoms with E-state index in [-0.39, 0.29) is 56.4 Å². The molecule has 4 heterocycles. The van der Waals surface area contributed by atoms with Gasteiger partial charge in [0.15, 0.2) is 5.60 Å². The molecule has 0 radical (unpaired) electrons. The van der Waals surface area contributed by atoms with Crippen molar-refractivity contribution in [3.05, 3.63) is 97.6 Å². The van der Waals surface area contributed by atoms with Gasteiger partial charge >= 0.3 is 11.9 Å². The number of benzene rings is 2. The minimum Gasteiger partial charge on any atom is -0.481 e. The molecule has 8 N–H and O–H groups in total. The van der Waals surface area contributed by atoms with E-state index < -0.39 is 109 Å². The van der Waals surface area contributed by atoms with Crippen LogP contribution in [0.15, 0.2) is 47.3 Å². The summed E-state index contributed by atoms with van der Waals surface area (Å²) >= 11 is 0. The Hall–Kier alpha value is -7.59. The van der Waals surface area contributed by atoms with Gasteiger partial charge in [0, 0.05) is 41.8 Å². The number of aryl methyl sites for hydroxylation is 1. The Morgan fingerprint density at radius 2 is 1.62 bits per heavy atom. The van der Waals surface area contributed by atoms with Crippen molar-refractivity contribution in [3.63, 3.8) is 0 Å². The smallest absolute Gasteiger partial charge is 0.343 e. The van der Waals surface area contributed by atoms with Crippen molar-refractivity contribution in [2.75, 3.05) is 33.0 Å². The minimum atomic E-state index is -2.05. The molecule has 3 atom stereocenters. The second-order valence-corrected chi connectivity index (χ2v) is 16.9. The van der Waals surface area contributed by atoms with Gasteiger partial charge in [-0.25, -0.2) is 14.2 Å². The van der Waals surface area contributed by atoms with Crippen LogP contribution >= 0.6 is 0 Å². The quantitative estimate of drug-likeness (QED) is 0.0291. The van der Waals surface area contributed by atoms with Crippen molar-refractivity contribution < 1.29 is 62.4 Å². The third kappa shape index (κ3) is 10.9. The topological polar surface area (TPSA) is 303 Å². The molecule has 0 spiro atoms. The molecule has 3 aliphatic rings. The van der Waals surface area contributed by atoms with Crippen molar-refractivity contribution in [2.24, 2.45) is 0 Å². The van der Waals surface area contributed by atoms with Crippen LogP contribution in [0.25, 0.3) is 22.3 Å². The van der Waals surface area contributed by atoms with Crippen molar-refractivity contribution in [1.82, 2.24) is 41.5 Å². The zero-order chi connectivity index (χ0) is 49.6. The highest BCUT2D eigenvalue weighted by Crippen LogP contribution is 2.46. The molecule has 21 nitrogen and oxygen atoms in total. The van der Waals surface area contributed by atoms with Crippen molar-refractivity contribution >= 4 is 58.3 Å². The fourth-order valence-electron chi connectivity index (χ4n) is 8.78. The molecular weight excluding hydrogens is 904 g/mol. The monoisotopic (exact) mass is 954 g/mol. The molecule has 0 bridgehead atoms. The summed E-state index contributed by atoms with van der Waals surface area (Å²) in [5.41, 5.74) is 1.83. The summed E-state index contributed by atoms with van der Waals surface area (Å²) in [4.78, 5) is 118. The molecule has 69 heavy (non-hydrogen) atoms. The number of esters is 1. The van der Waals surface area contributed by atoms with Gasteiger partial charge in [0.25, 0.3) is 5.56 Å². The van der Waals surface area contributed by atoms with Gasteiger partial charge < -0.3 is 56.2 Å². The van der Waals surface area contributed by atoms with E-state index in [9.17, 15) is 48.3 Å². The van der Waals surface area contributed by atoms with Crippen LogP contribution in [0.2, 0.25) is 0 Å². The predicted molar refractivity (Wildman–Crippen MR) is 240 cm³/mol. The zero-order valence-corrected chi connectivity index (χ0v) is 37.8. The number of rotatable bonds is 20. The maximum absolute atomic E-state index is 15.3. The number of aromatic nitrogens is 2. The molecule has 0 saturated heterocycles. The molecular formula is C47H51FN8O13. The first kappa shape index (κ1) is 49.3. The molecule has 4 aromatic rings. The number of amides is 6. The number of nitrogens with zero attached hydrogens (tertiary/aromatic N) is 2. The van der Waals surface area contributed by atoms with Gasteiger partial charge in [0.05, 0.1) is 54.7 Å². The molecule has 2 aromatic carbocycles. The second-order valence-electron chi connectivity index (χ2n) is 16.9. The first-order valence-electron chi connectivity index (χ1n) is 22.3. The summed E-state index contributed by atoms with van der Waals surface area (Å²) in [5.74, 6) is -6.31. The van der Waals surface area contributed by atoms with Gasteiger partial charge in [0.2, 0.25) is 35.4 Å². The van der Waals surface area contributed by atoms with E-state index in [1.165, 1.54) is 10.6 Å². The Morgan fingerprint density at radius 1 is 0.913 bits per heavy atom. The van der Waals surface area contributed by atoms with Gasteiger partial charge in [-0.05, 0) is 60.9 Å². The van der Waals surface area contributed by atoms with Crippen LogP contribution in [-0.4, -0.2) is 106 Å². The summed E-state index contributed by atoms with van der Waals surface area (Å²) in [6.45, 7) is 0.559. The van der Waals surface area contributed by atoms with Crippen LogP contribution in [0, 0.1) is 12.7 Å². The number of carbonyl (C=O) groups excluding carboxylic acids is 7. The average molecular weight is 955 g/mol. The lowest BCUT2D eigenvalue weighted by molar-refractivity contribution is -0.172. The molecule has 0 fully saturated rings. The van der Waals surface area contributed by atoms with Crippen LogP contribution in [-0.2, 0) is 79.4 Å². The highest BCUT2D eigenvalue weighted by Gasteiger charge is 2.46. The Kier molecular flexibility index (Phi) is 15.1. The van der Waals surface area contributed by atoms with E-state index in [0.29, 0.717) is 57.4 Å². The Labute approximate surface area is 392 Å². The molecule has 2 aromatic heterocycles. The Balaban J connectivity index is 0.934. The number of nitrogens with one attached hydrogen (secondary N) is 6. The number of halogens is 1. The fourth-order valence-corrected chi connectivity index (χ4v) is 8.78. The summed E-state index contributed by atoms with van der Waals surface area (Å²) in [5, 5.41) is 35.8. The van der Waals surface area contributed by atoms with Crippen LogP contribution in [0.4, 0.5) is 4.39 Å². The van der Waals surface area contributed by atoms with Gasteiger partial charge in [0.1, 0.15) is 31.8 Å². The first-order valence-corrected chi connectivity index (χ1v) is 22.3. The van der Waals surface area contributed by atoms with E-state index in [4.69, 9.17) is 19.6 Å². The minimum absolute atomic E-state index is 0.0315. The van der Waals surface area contributed by atoms with Crippen molar-refractivity contribution in [2.45, 2.75) is 89.6 Å². The highest BCUT2D eigenvalue weighted by atomic mass is 19.1. The largest absolute Gasteiger partial charge is 0.481 e. The normalized spacial score (nSPS) is 16.8. The van der Waals surface area contributed by atoms with E-state index >= 15 is 4.39 Å². The van der Waals surface area contributed by atoms with Crippen LogP contribution in [0.5, 0.6) is 0 Å². The summed E-state index contributed by atoms with van der Waals surface area (Å²) in [6.07, 6.45) is 0.540. The number of hydrogen-bond donors (Lipinski definition) is 8. The van der Waals surface area contributed by atoms with E-state index in [1.54, 1.807) is 50.2 Å². The fraction of sp³-hybridized carbons (Fsp3) is 0.404. The number of carboxylic acid groups (broad SMARTS) is 1. The lowest BCUT2D eigenvalue weighted by Crippen LogP contribution is -2.52. The van der Waals surface area contributed by atoms with E-state index in [1.807, 2.05) is 0 Å². The molecule has 2 aliphatic heterocycles. The predicted octanol–water partition coefficient (Wildman–Crippen LogP) is 0.0519. The summed E-state index contributed by atoms with van der Waals surface area (Å²) in [7, 11) is 0. The Bertz CT molecular complexity index is 2820. The molecule has 364 valence electrons. The molecule has 22 heteroatoms. The average Bonchev–Trinajstić information content (AvgIpc) is 3.70. The van der Waals surface area contributed by atoms with E-state index in [2.05, 4.69) is 31.9 Å². The van der Waals surface area contributed by atoms with Crippen molar-refractivity contribution in [1.29, 1.82) is 0 Å². The number of carbonyl (C=O) groups is 8. The number of aliphatic hydroxyl groups is 1. The molecule has 0 saturated carbocycles. The number of fused-ring (bicyclic) bond motifs is 5. The molecule has 6 amide bonds. The zero-order valence-electron chi connectivity index (χ0n) is 37.8. The lowest BCUT2D eigenvalue weighted by Gasteiger charge is -2.31. The maximum atomic E-state index is 15.3. The SMILES string of the molecule is CC[C@@]1(O)C(=O)OCc2c1cc1n(c2=O)Cc2c-1nc1cc(F)c(C)c3c1c2[C@@H](NC(=O)COCNC(=O)CNC(=O)[C@H](Cc1ccccc1)NC(=O)CNC(=O)CNC(=O)CCCC(=O)O)CC3. The Morgan fingerprint density at radius 3 is 2.36 bits per heavy atom. The summed E-state index contributed by atoms with van der Waals surface area (Å²) in [6, 6.07) is 9.77. The number of cyclic esters (lactones) is 1.